The van der Waals surface area contributed by atoms with Gasteiger partial charge in [-0.1, -0.05) is 25.3 Å². The number of carbonyl (C=O) groups is 2. The average molecular weight is 652 g/mol. The van der Waals surface area contributed by atoms with Gasteiger partial charge in [0.2, 0.25) is 11.1 Å². The van der Waals surface area contributed by atoms with Gasteiger partial charge in [-0.2, -0.15) is 5.10 Å². The monoisotopic (exact) mass is 651 g/mol. The fourth-order valence-corrected chi connectivity index (χ4v) is 10.3. The van der Waals surface area contributed by atoms with Crippen molar-refractivity contribution in [2.45, 2.75) is 93.5 Å². The number of hydrogen-bond donors (Lipinski definition) is 2. The van der Waals surface area contributed by atoms with Crippen molar-refractivity contribution in [3.05, 3.63) is 59.4 Å². The van der Waals surface area contributed by atoms with E-state index in [4.69, 9.17) is 4.74 Å². The largest absolute Gasteiger partial charge is 0.497 e. The Morgan fingerprint density at radius 3 is 2.64 bits per heavy atom. The Labute approximate surface area is 278 Å². The lowest BCUT2D eigenvalue weighted by atomic mass is 9.52. The summed E-state index contributed by atoms with van der Waals surface area (Å²) in [5.41, 5.74) is 6.05. The molecule has 5 aliphatic rings. The predicted molar refractivity (Wildman–Crippen MR) is 180 cm³/mol. The second-order valence-corrected chi connectivity index (χ2v) is 15.4. The minimum absolute atomic E-state index is 0.198. The van der Waals surface area contributed by atoms with Crippen LogP contribution >= 0.6 is 11.9 Å². The van der Waals surface area contributed by atoms with E-state index in [1.54, 1.807) is 7.11 Å². The standard InChI is InChI=1S/C36H41N7O3S/c1-35(33(45)43-28-13-14-36(28)29(43)18-41(36)2)17-23-15-24(46-3)10-12-25(23)31-30(21-7-5-4-6-8-21)26-11-9-22(16-27(26)42(31)19-35)32(44)40-47-34-37-20-38-39-34/h9-12,15-16,20-21,28-29H,4-8,13-14,17-19H2,1-3H3,(H,40,44)(H,37,38,39). The first-order valence-corrected chi connectivity index (χ1v) is 17.8. The molecule has 2 saturated carbocycles. The molecule has 4 aromatic rings. The molecule has 10 nitrogen and oxygen atoms in total. The number of H-pyrrole nitrogens is 1. The molecule has 0 bridgehead atoms. The molecule has 2 aromatic carbocycles. The molecule has 4 atom stereocenters. The van der Waals surface area contributed by atoms with Gasteiger partial charge in [-0.05, 0) is 93.5 Å². The Morgan fingerprint density at radius 2 is 1.94 bits per heavy atom. The number of likely N-dealkylation sites (tertiary alicyclic amines) is 2. The molecule has 3 aliphatic heterocycles. The Balaban J connectivity index is 1.19. The summed E-state index contributed by atoms with van der Waals surface area (Å²) in [5, 5.41) is 8.36. The SMILES string of the molecule is COc1ccc2c(c1)CC(C)(C(=O)N1C3CCC34C1CN4C)Cn1c-2c(C2CCCCC2)c2ccc(C(=O)NSc3ncn[nH]3)cc21. The summed E-state index contributed by atoms with van der Waals surface area (Å²) in [6.07, 6.45) is 10.3. The van der Waals surface area contributed by atoms with Crippen LogP contribution in [0.5, 0.6) is 5.75 Å². The highest BCUT2D eigenvalue weighted by Crippen LogP contribution is 2.61. The number of carbonyl (C=O) groups excluding carboxylic acids is 2. The Morgan fingerprint density at radius 1 is 1.09 bits per heavy atom. The molecule has 2 aromatic heterocycles. The van der Waals surface area contributed by atoms with Gasteiger partial charge in [-0.3, -0.25) is 24.3 Å². The van der Waals surface area contributed by atoms with Crippen molar-refractivity contribution in [3.8, 4) is 17.0 Å². The molecular formula is C36H41N7O3S. The van der Waals surface area contributed by atoms with Crippen LogP contribution in [0.25, 0.3) is 22.2 Å². The fourth-order valence-electron chi connectivity index (χ4n) is 9.79. The third-order valence-electron chi connectivity index (χ3n) is 12.2. The number of methoxy groups -OCH3 is 1. The van der Waals surface area contributed by atoms with Crippen LogP contribution in [0.4, 0.5) is 0 Å². The van der Waals surface area contributed by atoms with Gasteiger partial charge >= 0.3 is 0 Å². The Hall–Kier alpha value is -3.83. The van der Waals surface area contributed by atoms with Crippen molar-refractivity contribution < 1.29 is 14.3 Å². The molecule has 11 heteroatoms. The highest BCUT2D eigenvalue weighted by molar-refractivity contribution is 7.97. The van der Waals surface area contributed by atoms with Crippen molar-refractivity contribution in [3.63, 3.8) is 0 Å². The summed E-state index contributed by atoms with van der Waals surface area (Å²) in [6, 6.07) is 13.1. The first kappa shape index (κ1) is 29.3. The average Bonchev–Trinajstić information content (AvgIpc) is 3.67. The van der Waals surface area contributed by atoms with E-state index in [2.05, 4.69) is 72.5 Å². The van der Waals surface area contributed by atoms with Crippen LogP contribution in [0, 0.1) is 5.41 Å². The van der Waals surface area contributed by atoms with Crippen molar-refractivity contribution >= 4 is 34.7 Å². The fraction of sp³-hybridized carbons (Fsp3) is 0.500. The van der Waals surface area contributed by atoms with E-state index < -0.39 is 5.41 Å². The zero-order chi connectivity index (χ0) is 32.1. The van der Waals surface area contributed by atoms with E-state index in [0.29, 0.717) is 41.7 Å². The summed E-state index contributed by atoms with van der Waals surface area (Å²) in [6.45, 7) is 3.68. The normalized spacial score (nSPS) is 28.1. The summed E-state index contributed by atoms with van der Waals surface area (Å²) >= 11 is 1.12. The molecule has 0 radical (unpaired) electrons. The smallest absolute Gasteiger partial charge is 0.261 e. The number of hydrogen-bond acceptors (Lipinski definition) is 7. The van der Waals surface area contributed by atoms with Crippen LogP contribution in [-0.4, -0.2) is 79.7 Å². The molecule has 4 fully saturated rings. The first-order valence-electron chi connectivity index (χ1n) is 17.0. The van der Waals surface area contributed by atoms with Gasteiger partial charge in [-0.15, -0.1) is 0 Å². The summed E-state index contributed by atoms with van der Waals surface area (Å²) < 4.78 is 11.1. The number of nitrogens with zero attached hydrogens (tertiary/aromatic N) is 5. The number of benzene rings is 2. The van der Waals surface area contributed by atoms with E-state index in [9.17, 15) is 9.59 Å². The van der Waals surface area contributed by atoms with Gasteiger partial charge in [0.05, 0.1) is 35.8 Å². The quantitative estimate of drug-likeness (QED) is 0.264. The summed E-state index contributed by atoms with van der Waals surface area (Å²) in [7, 11) is 3.92. The zero-order valence-electron chi connectivity index (χ0n) is 27.2. The van der Waals surface area contributed by atoms with Crippen LogP contribution in [0.1, 0.15) is 79.3 Å². The van der Waals surface area contributed by atoms with Gasteiger partial charge < -0.3 is 14.2 Å². The van der Waals surface area contributed by atoms with Crippen molar-refractivity contribution in [2.75, 3.05) is 20.7 Å². The summed E-state index contributed by atoms with van der Waals surface area (Å²) in [5.74, 6) is 1.30. The van der Waals surface area contributed by atoms with Crippen LogP contribution in [0.15, 0.2) is 47.9 Å². The van der Waals surface area contributed by atoms with Crippen LogP contribution in [0.3, 0.4) is 0 Å². The van der Waals surface area contributed by atoms with Gasteiger partial charge in [0.15, 0.2) is 0 Å². The topological polar surface area (TPSA) is 108 Å². The number of amides is 2. The maximum atomic E-state index is 14.9. The Kier molecular flexibility index (Phi) is 6.60. The number of aromatic amines is 1. The number of piperidine rings is 1. The highest BCUT2D eigenvalue weighted by atomic mass is 32.2. The molecule has 4 unspecified atom stereocenters. The predicted octanol–water partition coefficient (Wildman–Crippen LogP) is 5.54. The van der Waals surface area contributed by atoms with E-state index in [-0.39, 0.29) is 17.4 Å². The number of aromatic nitrogens is 4. The molecule has 244 valence electrons. The number of piperazine rings is 1. The molecule has 1 spiro atoms. The second kappa shape index (κ2) is 10.6. The molecule has 47 heavy (non-hydrogen) atoms. The van der Waals surface area contributed by atoms with Gasteiger partial charge in [-0.25, -0.2) is 4.98 Å². The third-order valence-corrected chi connectivity index (χ3v) is 12.9. The van der Waals surface area contributed by atoms with Crippen LogP contribution < -0.4 is 9.46 Å². The number of rotatable bonds is 6. The second-order valence-electron chi connectivity index (χ2n) is 14.7. The van der Waals surface area contributed by atoms with Gasteiger partial charge in [0, 0.05) is 47.1 Å². The molecule has 2 N–H and O–H groups in total. The number of nitrogens with one attached hydrogen (secondary N) is 2. The maximum absolute atomic E-state index is 14.9. The molecule has 5 heterocycles. The summed E-state index contributed by atoms with van der Waals surface area (Å²) in [4.78, 5) is 37.2. The molecule has 2 saturated heterocycles. The number of fused-ring (bicyclic) bond motifs is 5. The number of likely N-dealkylation sites (N-methyl/N-ethyl adjacent to an activating group) is 1. The van der Waals surface area contributed by atoms with E-state index in [1.807, 2.05) is 12.1 Å². The molecular weight excluding hydrogens is 611 g/mol. The highest BCUT2D eigenvalue weighted by Gasteiger charge is 2.75. The number of ether oxygens (including phenoxy) is 1. The maximum Gasteiger partial charge on any atom is 0.261 e. The van der Waals surface area contributed by atoms with Crippen LogP contribution in [0.2, 0.25) is 0 Å². The first-order chi connectivity index (χ1) is 22.8. The lowest BCUT2D eigenvalue weighted by Gasteiger charge is -2.80. The zero-order valence-corrected chi connectivity index (χ0v) is 28.0. The molecule has 2 amide bonds. The molecule has 9 rings (SSSR count). The van der Waals surface area contributed by atoms with Gasteiger partial charge in [0.1, 0.15) is 12.1 Å². The minimum Gasteiger partial charge on any atom is -0.497 e. The minimum atomic E-state index is -0.668. The van der Waals surface area contributed by atoms with Gasteiger partial charge in [0.25, 0.3) is 5.91 Å². The van der Waals surface area contributed by atoms with E-state index in [1.165, 1.54) is 54.2 Å². The lowest BCUT2D eigenvalue weighted by molar-refractivity contribution is -0.279. The third kappa shape index (κ3) is 4.14. The molecule has 2 aliphatic carbocycles. The Bertz CT molecular complexity index is 1910. The van der Waals surface area contributed by atoms with E-state index in [0.717, 1.165) is 54.6 Å². The lowest BCUT2D eigenvalue weighted by Crippen LogP contribution is -2.96. The van der Waals surface area contributed by atoms with E-state index >= 15 is 0 Å². The van der Waals surface area contributed by atoms with Crippen LogP contribution in [-0.2, 0) is 17.8 Å². The van der Waals surface area contributed by atoms with Crippen molar-refractivity contribution in [1.29, 1.82) is 0 Å². The van der Waals surface area contributed by atoms with Crippen molar-refractivity contribution in [1.82, 2.24) is 34.3 Å². The van der Waals surface area contributed by atoms with Crippen molar-refractivity contribution in [2.24, 2.45) is 5.41 Å².